The highest BCUT2D eigenvalue weighted by Crippen LogP contribution is 2.24. The van der Waals surface area contributed by atoms with Crippen LogP contribution in [0.15, 0.2) is 35.1 Å². The van der Waals surface area contributed by atoms with E-state index in [-0.39, 0.29) is 18.0 Å². The number of benzene rings is 1. The van der Waals surface area contributed by atoms with E-state index in [1.165, 1.54) is 6.92 Å². The number of nitrogen functional groups attached to an aromatic ring is 1. The van der Waals surface area contributed by atoms with Gasteiger partial charge >= 0.3 is 5.97 Å². The monoisotopic (exact) mass is 388 g/mol. The number of carbonyl (C=O) groups excluding carboxylic acids is 3. The minimum atomic E-state index is -0.934. The zero-order chi connectivity index (χ0) is 20.9. The number of rotatable bonds is 6. The zero-order valence-electron chi connectivity index (χ0n) is 16.2. The van der Waals surface area contributed by atoms with E-state index < -0.39 is 29.3 Å². The number of hydrazine groups is 1. The molecule has 0 saturated carbocycles. The van der Waals surface area contributed by atoms with Crippen LogP contribution in [-0.2, 0) is 20.9 Å². The third-order valence-corrected chi connectivity index (χ3v) is 3.72. The van der Waals surface area contributed by atoms with Gasteiger partial charge in [0, 0.05) is 12.1 Å². The molecule has 1 atom stereocenters. The Morgan fingerprint density at radius 1 is 1.29 bits per heavy atom. The van der Waals surface area contributed by atoms with E-state index in [1.54, 1.807) is 45.0 Å². The number of amides is 2. The van der Waals surface area contributed by atoms with Crippen LogP contribution in [0, 0.1) is 5.92 Å². The van der Waals surface area contributed by atoms with Gasteiger partial charge in [0.25, 0.3) is 5.91 Å². The Morgan fingerprint density at radius 3 is 2.64 bits per heavy atom. The molecule has 0 aliphatic heterocycles. The lowest BCUT2D eigenvalue weighted by atomic mass is 10.1. The van der Waals surface area contributed by atoms with Gasteiger partial charge in [0.2, 0.25) is 5.91 Å². The first-order valence-corrected chi connectivity index (χ1v) is 8.66. The molecule has 9 nitrogen and oxygen atoms in total. The minimum Gasteiger partial charge on any atom is -0.459 e. The summed E-state index contributed by atoms with van der Waals surface area (Å²) >= 11 is 0. The van der Waals surface area contributed by atoms with Gasteiger partial charge in [-0.15, -0.1) is 0 Å². The summed E-state index contributed by atoms with van der Waals surface area (Å²) < 4.78 is 10.5. The Balaban J connectivity index is 2.06. The number of ether oxygens (including phenoxy) is 1. The molecule has 0 radical (unpaired) electrons. The standard InChI is InChI=1S/C19H24N4O5/c1-11(18(26)28-19(2,3)4)16(24)21-9-12-6-5-7-13(8-12)15-14(17(25)23-20)22-10-27-15/h5-8,10-11H,9,20H2,1-4H3,(H,21,24)(H,23,25)/t11-/m0/s1. The van der Waals surface area contributed by atoms with E-state index >= 15 is 0 Å². The molecule has 0 bridgehead atoms. The Bertz CT molecular complexity index is 869. The van der Waals surface area contributed by atoms with E-state index in [0.717, 1.165) is 12.0 Å². The van der Waals surface area contributed by atoms with Gasteiger partial charge in [0.15, 0.2) is 17.8 Å². The van der Waals surface area contributed by atoms with E-state index in [1.807, 2.05) is 5.43 Å². The molecule has 0 saturated heterocycles. The summed E-state index contributed by atoms with van der Waals surface area (Å²) in [6.07, 6.45) is 1.15. The van der Waals surface area contributed by atoms with Gasteiger partial charge < -0.3 is 14.5 Å². The second-order valence-electron chi connectivity index (χ2n) is 7.18. The zero-order valence-corrected chi connectivity index (χ0v) is 16.2. The molecule has 0 unspecified atom stereocenters. The number of oxazole rings is 1. The van der Waals surface area contributed by atoms with E-state index in [2.05, 4.69) is 10.3 Å². The highest BCUT2D eigenvalue weighted by atomic mass is 16.6. The van der Waals surface area contributed by atoms with Crippen LogP contribution in [0.5, 0.6) is 0 Å². The van der Waals surface area contributed by atoms with Crippen LogP contribution in [0.4, 0.5) is 0 Å². The Hall–Kier alpha value is -3.20. The summed E-state index contributed by atoms with van der Waals surface area (Å²) in [5.74, 6) is 2.87. The molecular weight excluding hydrogens is 364 g/mol. The molecular formula is C19H24N4O5. The number of nitrogens with zero attached hydrogens (tertiary/aromatic N) is 1. The van der Waals surface area contributed by atoms with Crippen molar-refractivity contribution in [1.29, 1.82) is 0 Å². The maximum Gasteiger partial charge on any atom is 0.318 e. The Morgan fingerprint density at radius 2 is 2.00 bits per heavy atom. The number of hydrogen-bond donors (Lipinski definition) is 3. The van der Waals surface area contributed by atoms with Crippen LogP contribution in [-0.4, -0.2) is 28.4 Å². The molecule has 150 valence electrons. The normalized spacial score (nSPS) is 12.2. The molecule has 1 aromatic carbocycles. The maximum atomic E-state index is 12.2. The molecule has 28 heavy (non-hydrogen) atoms. The third kappa shape index (κ3) is 5.40. The number of carbonyl (C=O) groups is 3. The van der Waals surface area contributed by atoms with Crippen LogP contribution < -0.4 is 16.6 Å². The van der Waals surface area contributed by atoms with Gasteiger partial charge in [-0.2, -0.15) is 0 Å². The molecule has 1 aromatic heterocycles. The molecule has 2 aromatic rings. The van der Waals surface area contributed by atoms with Crippen molar-refractivity contribution in [3.05, 3.63) is 41.9 Å². The van der Waals surface area contributed by atoms with Crippen molar-refractivity contribution in [3.8, 4) is 11.3 Å². The summed E-state index contributed by atoms with van der Waals surface area (Å²) in [4.78, 5) is 39.8. The summed E-state index contributed by atoms with van der Waals surface area (Å²) in [7, 11) is 0. The fraction of sp³-hybridized carbons (Fsp3) is 0.368. The van der Waals surface area contributed by atoms with Crippen LogP contribution in [0.3, 0.4) is 0 Å². The molecule has 2 rings (SSSR count). The lowest BCUT2D eigenvalue weighted by Gasteiger charge is -2.22. The Kier molecular flexibility index (Phi) is 6.53. The average molecular weight is 388 g/mol. The average Bonchev–Trinajstić information content (AvgIpc) is 3.13. The molecule has 0 spiro atoms. The van der Waals surface area contributed by atoms with Crippen LogP contribution in [0.25, 0.3) is 11.3 Å². The van der Waals surface area contributed by atoms with Crippen molar-refractivity contribution in [1.82, 2.24) is 15.7 Å². The Labute approximate surface area is 162 Å². The van der Waals surface area contributed by atoms with Gasteiger partial charge in [-0.3, -0.25) is 19.8 Å². The molecule has 0 aliphatic rings. The maximum absolute atomic E-state index is 12.2. The summed E-state index contributed by atoms with van der Waals surface area (Å²) in [6, 6.07) is 7.02. The number of nitrogens with two attached hydrogens (primary N) is 1. The van der Waals surface area contributed by atoms with Crippen molar-refractivity contribution in [2.45, 2.75) is 39.8 Å². The fourth-order valence-electron chi connectivity index (χ4n) is 2.34. The predicted octanol–water partition coefficient (Wildman–Crippen LogP) is 1.54. The topological polar surface area (TPSA) is 137 Å². The first-order chi connectivity index (χ1) is 13.1. The number of esters is 1. The summed E-state index contributed by atoms with van der Waals surface area (Å²) in [5.41, 5.74) is 2.75. The second-order valence-corrected chi connectivity index (χ2v) is 7.18. The van der Waals surface area contributed by atoms with Gasteiger partial charge in [-0.05, 0) is 39.3 Å². The number of aromatic nitrogens is 1. The summed E-state index contributed by atoms with van der Waals surface area (Å²) in [5, 5.41) is 2.70. The lowest BCUT2D eigenvalue weighted by molar-refractivity contribution is -0.161. The van der Waals surface area contributed by atoms with Gasteiger partial charge in [0.1, 0.15) is 11.5 Å². The van der Waals surface area contributed by atoms with Crippen molar-refractivity contribution in [2.75, 3.05) is 0 Å². The van der Waals surface area contributed by atoms with Gasteiger partial charge in [-0.1, -0.05) is 18.2 Å². The number of nitrogens with one attached hydrogen (secondary N) is 2. The molecule has 2 amide bonds. The van der Waals surface area contributed by atoms with Crippen molar-refractivity contribution in [2.24, 2.45) is 11.8 Å². The first-order valence-electron chi connectivity index (χ1n) is 8.66. The van der Waals surface area contributed by atoms with E-state index in [9.17, 15) is 14.4 Å². The minimum absolute atomic E-state index is 0.0576. The smallest absolute Gasteiger partial charge is 0.318 e. The predicted molar refractivity (Wildman–Crippen MR) is 100 cm³/mol. The third-order valence-electron chi connectivity index (χ3n) is 3.72. The van der Waals surface area contributed by atoms with Gasteiger partial charge in [-0.25, -0.2) is 10.8 Å². The van der Waals surface area contributed by atoms with E-state index in [4.69, 9.17) is 15.0 Å². The largest absolute Gasteiger partial charge is 0.459 e. The first kappa shape index (κ1) is 21.1. The highest BCUT2D eigenvalue weighted by molar-refractivity contribution is 5.98. The van der Waals surface area contributed by atoms with Crippen LogP contribution in [0.2, 0.25) is 0 Å². The van der Waals surface area contributed by atoms with E-state index in [0.29, 0.717) is 5.56 Å². The summed E-state index contributed by atoms with van der Waals surface area (Å²) in [6.45, 7) is 6.90. The van der Waals surface area contributed by atoms with Crippen molar-refractivity contribution < 1.29 is 23.5 Å². The quantitative estimate of drug-likeness (QED) is 0.224. The van der Waals surface area contributed by atoms with Crippen LogP contribution >= 0.6 is 0 Å². The second kappa shape index (κ2) is 8.66. The van der Waals surface area contributed by atoms with Gasteiger partial charge in [0.05, 0.1) is 0 Å². The number of hydrogen-bond acceptors (Lipinski definition) is 7. The molecule has 9 heteroatoms. The van der Waals surface area contributed by atoms with Crippen molar-refractivity contribution >= 4 is 17.8 Å². The highest BCUT2D eigenvalue weighted by Gasteiger charge is 2.27. The SMILES string of the molecule is C[C@@H](C(=O)NCc1cccc(-c2ocnc2C(=O)NN)c1)C(=O)OC(C)(C)C. The van der Waals surface area contributed by atoms with Crippen LogP contribution in [0.1, 0.15) is 43.7 Å². The van der Waals surface area contributed by atoms with Crippen molar-refractivity contribution in [3.63, 3.8) is 0 Å². The molecule has 0 fully saturated rings. The molecule has 1 heterocycles. The fourth-order valence-corrected chi connectivity index (χ4v) is 2.34. The molecule has 0 aliphatic carbocycles. The lowest BCUT2D eigenvalue weighted by Crippen LogP contribution is -2.37. The molecule has 4 N–H and O–H groups in total.